The van der Waals surface area contributed by atoms with E-state index in [1.54, 1.807) is 0 Å². The molecule has 1 aromatic rings. The number of nitrogens with one attached hydrogen (secondary N) is 1. The van der Waals surface area contributed by atoms with Crippen molar-refractivity contribution >= 4 is 5.91 Å². The molecule has 2 heterocycles. The second-order valence-corrected chi connectivity index (χ2v) is 5.65. The molecule has 1 fully saturated rings. The van der Waals surface area contributed by atoms with Crippen LogP contribution in [-0.4, -0.2) is 43.1 Å². The molecule has 1 saturated heterocycles. The molecule has 20 heavy (non-hydrogen) atoms. The van der Waals surface area contributed by atoms with Crippen LogP contribution in [0.15, 0.2) is 24.3 Å². The van der Waals surface area contributed by atoms with Gasteiger partial charge in [-0.3, -0.25) is 4.79 Å². The van der Waals surface area contributed by atoms with Gasteiger partial charge in [0.15, 0.2) is 0 Å². The molecule has 1 N–H and O–H groups in total. The van der Waals surface area contributed by atoms with Crippen LogP contribution < -0.4 is 5.32 Å². The summed E-state index contributed by atoms with van der Waals surface area (Å²) in [6, 6.07) is 8.59. The van der Waals surface area contributed by atoms with Gasteiger partial charge < -0.3 is 15.0 Å². The summed E-state index contributed by atoms with van der Waals surface area (Å²) in [6.07, 6.45) is 1.33. The van der Waals surface area contributed by atoms with Crippen molar-refractivity contribution in [2.24, 2.45) is 0 Å². The maximum atomic E-state index is 12.5. The smallest absolute Gasteiger partial charge is 0.225 e. The molecule has 4 heteroatoms. The first-order valence-corrected chi connectivity index (χ1v) is 7.45. The van der Waals surface area contributed by atoms with Gasteiger partial charge in [0.2, 0.25) is 5.91 Å². The molecule has 2 aliphatic heterocycles. The Morgan fingerprint density at radius 1 is 1.45 bits per heavy atom. The largest absolute Gasteiger partial charge is 0.373 e. The molecule has 4 nitrogen and oxygen atoms in total. The van der Waals surface area contributed by atoms with Crippen molar-refractivity contribution < 1.29 is 9.53 Å². The molecule has 0 saturated carbocycles. The van der Waals surface area contributed by atoms with Gasteiger partial charge in [-0.1, -0.05) is 24.3 Å². The number of fused-ring (bicyclic) bond motifs is 1. The maximum absolute atomic E-state index is 12.5. The first kappa shape index (κ1) is 13.6. The van der Waals surface area contributed by atoms with Crippen molar-refractivity contribution in [1.29, 1.82) is 0 Å². The van der Waals surface area contributed by atoms with Gasteiger partial charge in [0.1, 0.15) is 0 Å². The molecule has 0 aromatic heterocycles. The van der Waals surface area contributed by atoms with Gasteiger partial charge in [0.05, 0.1) is 19.1 Å². The van der Waals surface area contributed by atoms with Crippen LogP contribution in [-0.2, 0) is 16.0 Å². The average molecular weight is 274 g/mol. The Hall–Kier alpha value is -1.39. The number of amides is 1. The fourth-order valence-electron chi connectivity index (χ4n) is 3.13. The predicted molar refractivity (Wildman–Crippen MR) is 77.5 cm³/mol. The van der Waals surface area contributed by atoms with Crippen LogP contribution in [0.3, 0.4) is 0 Å². The fourth-order valence-corrected chi connectivity index (χ4v) is 3.13. The lowest BCUT2D eigenvalue weighted by molar-refractivity contribution is -0.137. The summed E-state index contributed by atoms with van der Waals surface area (Å²) < 4.78 is 5.84. The summed E-state index contributed by atoms with van der Waals surface area (Å²) in [5.74, 6) is 0.209. The maximum Gasteiger partial charge on any atom is 0.225 e. The van der Waals surface area contributed by atoms with Crippen molar-refractivity contribution in [3.63, 3.8) is 0 Å². The second kappa shape index (κ2) is 5.94. The average Bonchev–Trinajstić information content (AvgIpc) is 2.48. The zero-order chi connectivity index (χ0) is 13.9. The Kier molecular flexibility index (Phi) is 4.03. The Morgan fingerprint density at radius 2 is 2.30 bits per heavy atom. The van der Waals surface area contributed by atoms with Gasteiger partial charge in [-0.15, -0.1) is 0 Å². The quantitative estimate of drug-likeness (QED) is 0.889. The molecule has 108 valence electrons. The van der Waals surface area contributed by atoms with Crippen LogP contribution in [0.25, 0.3) is 0 Å². The monoisotopic (exact) mass is 274 g/mol. The Labute approximate surface area is 120 Å². The van der Waals surface area contributed by atoms with Crippen LogP contribution in [0, 0.1) is 0 Å². The minimum absolute atomic E-state index is 0.0745. The molecule has 0 aliphatic carbocycles. The fraction of sp³-hybridized carbons (Fsp3) is 0.562. The normalized spacial score (nSPS) is 26.1. The molecule has 2 atom stereocenters. The number of piperazine rings is 1. The van der Waals surface area contributed by atoms with E-state index in [4.69, 9.17) is 4.74 Å². The minimum Gasteiger partial charge on any atom is -0.373 e. The van der Waals surface area contributed by atoms with Crippen molar-refractivity contribution in [3.05, 3.63) is 35.4 Å². The molecule has 0 spiro atoms. The van der Waals surface area contributed by atoms with E-state index in [9.17, 15) is 4.79 Å². The van der Waals surface area contributed by atoms with E-state index >= 15 is 0 Å². The van der Waals surface area contributed by atoms with E-state index in [0.717, 1.165) is 26.1 Å². The first-order chi connectivity index (χ1) is 9.75. The number of hydrogen-bond donors (Lipinski definition) is 1. The summed E-state index contributed by atoms with van der Waals surface area (Å²) in [5.41, 5.74) is 2.51. The van der Waals surface area contributed by atoms with Crippen LogP contribution in [0.2, 0.25) is 0 Å². The standard InChI is InChI=1S/C16H22N2O2/c1-12-11-17-7-8-18(12)16(19)10-15-14-5-3-2-4-13(14)6-9-20-15/h2-5,12,15,17H,6-11H2,1H3/t12-,15?/m1/s1. The molecule has 1 unspecified atom stereocenters. The highest BCUT2D eigenvalue weighted by molar-refractivity contribution is 5.77. The van der Waals surface area contributed by atoms with Crippen LogP contribution in [0.1, 0.15) is 30.6 Å². The highest BCUT2D eigenvalue weighted by Crippen LogP contribution is 2.30. The van der Waals surface area contributed by atoms with Crippen molar-refractivity contribution in [2.45, 2.75) is 31.9 Å². The van der Waals surface area contributed by atoms with Gasteiger partial charge in [0, 0.05) is 25.7 Å². The Morgan fingerprint density at radius 3 is 3.15 bits per heavy atom. The third-order valence-corrected chi connectivity index (χ3v) is 4.27. The van der Waals surface area contributed by atoms with Gasteiger partial charge >= 0.3 is 0 Å². The summed E-state index contributed by atoms with van der Waals surface area (Å²) in [5, 5.41) is 3.31. The van der Waals surface area contributed by atoms with Gasteiger partial charge in [-0.05, 0) is 24.5 Å². The van der Waals surface area contributed by atoms with Gasteiger partial charge in [0.25, 0.3) is 0 Å². The molecule has 2 aliphatic rings. The van der Waals surface area contributed by atoms with Gasteiger partial charge in [-0.2, -0.15) is 0 Å². The summed E-state index contributed by atoms with van der Waals surface area (Å²) in [6.45, 7) is 5.38. The van der Waals surface area contributed by atoms with E-state index in [2.05, 4.69) is 30.4 Å². The zero-order valence-corrected chi connectivity index (χ0v) is 12.0. The van der Waals surface area contributed by atoms with Crippen molar-refractivity contribution in [1.82, 2.24) is 10.2 Å². The van der Waals surface area contributed by atoms with Crippen molar-refractivity contribution in [2.75, 3.05) is 26.2 Å². The number of carbonyl (C=O) groups is 1. The number of hydrogen-bond acceptors (Lipinski definition) is 3. The number of carbonyl (C=O) groups excluding carboxylic acids is 1. The molecule has 1 aromatic carbocycles. The van der Waals surface area contributed by atoms with E-state index in [0.29, 0.717) is 13.0 Å². The molecule has 0 radical (unpaired) electrons. The molecular formula is C16H22N2O2. The topological polar surface area (TPSA) is 41.6 Å². The summed E-state index contributed by atoms with van der Waals surface area (Å²) in [4.78, 5) is 14.5. The van der Waals surface area contributed by atoms with E-state index in [-0.39, 0.29) is 18.1 Å². The molecular weight excluding hydrogens is 252 g/mol. The Bertz CT molecular complexity index is 489. The second-order valence-electron chi connectivity index (χ2n) is 5.65. The predicted octanol–water partition coefficient (Wildman–Crippen LogP) is 1.51. The highest BCUT2D eigenvalue weighted by Gasteiger charge is 2.28. The lowest BCUT2D eigenvalue weighted by Crippen LogP contribution is -2.52. The van der Waals surface area contributed by atoms with E-state index in [1.165, 1.54) is 11.1 Å². The lowest BCUT2D eigenvalue weighted by atomic mass is 9.95. The first-order valence-electron chi connectivity index (χ1n) is 7.45. The molecule has 1 amide bonds. The Balaban J connectivity index is 1.70. The lowest BCUT2D eigenvalue weighted by Gasteiger charge is -2.35. The number of nitrogens with zero attached hydrogens (tertiary/aromatic N) is 1. The highest BCUT2D eigenvalue weighted by atomic mass is 16.5. The van der Waals surface area contributed by atoms with Crippen LogP contribution in [0.4, 0.5) is 0 Å². The van der Waals surface area contributed by atoms with E-state index in [1.807, 2.05) is 11.0 Å². The SMILES string of the molecule is C[C@@H]1CNCCN1C(=O)CC1OCCc2ccccc21. The van der Waals surface area contributed by atoms with E-state index < -0.39 is 0 Å². The summed E-state index contributed by atoms with van der Waals surface area (Å²) in [7, 11) is 0. The molecule has 3 rings (SSSR count). The number of benzene rings is 1. The third-order valence-electron chi connectivity index (χ3n) is 4.27. The van der Waals surface area contributed by atoms with Crippen LogP contribution in [0.5, 0.6) is 0 Å². The third kappa shape index (κ3) is 2.72. The minimum atomic E-state index is -0.0745. The van der Waals surface area contributed by atoms with Crippen LogP contribution >= 0.6 is 0 Å². The number of ether oxygens (including phenoxy) is 1. The number of rotatable bonds is 2. The summed E-state index contributed by atoms with van der Waals surface area (Å²) >= 11 is 0. The zero-order valence-electron chi connectivity index (χ0n) is 12.0. The van der Waals surface area contributed by atoms with Gasteiger partial charge in [-0.25, -0.2) is 0 Å². The van der Waals surface area contributed by atoms with Crippen molar-refractivity contribution in [3.8, 4) is 0 Å². The molecule has 0 bridgehead atoms.